The average Bonchev–Trinajstić information content (AvgIpc) is 2.85. The molecule has 7 heteroatoms. The van der Waals surface area contributed by atoms with E-state index in [2.05, 4.69) is 12.2 Å². The van der Waals surface area contributed by atoms with E-state index < -0.39 is 17.9 Å². The number of hydrogen-bond donors (Lipinski definition) is 2. The third kappa shape index (κ3) is 8.78. The lowest BCUT2D eigenvalue weighted by molar-refractivity contribution is -0.141. The predicted octanol–water partition coefficient (Wildman–Crippen LogP) is 5.52. The van der Waals surface area contributed by atoms with Crippen LogP contribution >= 0.6 is 11.8 Å². The highest BCUT2D eigenvalue weighted by atomic mass is 32.2. The number of rotatable bonds is 15. The fourth-order valence-electron chi connectivity index (χ4n) is 3.33. The standard InChI is InChI=1S/C27H35NO5S/c1-4-6-10-16-33-24-14-13-20(19-25(24)32-3)18-22(21-11-8-7-9-12-21)26(29)28-23(27(30)31)15-17-34-5-2/h7-9,11-14,18-19,23H,4-6,10,15-17H2,1-3H3,(H,28,29)(H,30,31)/b22-18+. The van der Waals surface area contributed by atoms with Crippen LogP contribution in [0.25, 0.3) is 11.6 Å². The molecule has 2 N–H and O–H groups in total. The van der Waals surface area contributed by atoms with E-state index in [1.54, 1.807) is 24.9 Å². The number of carbonyl (C=O) groups is 2. The number of unbranched alkanes of at least 4 members (excludes halogenated alkanes) is 2. The maximum atomic E-state index is 13.2. The second-order valence-corrected chi connectivity index (χ2v) is 9.13. The molecule has 184 valence electrons. The number of carboxylic acid groups (broad SMARTS) is 1. The van der Waals surface area contributed by atoms with Crippen LogP contribution in [0, 0.1) is 0 Å². The lowest BCUT2D eigenvalue weighted by atomic mass is 10.0. The van der Waals surface area contributed by atoms with Gasteiger partial charge in [-0.15, -0.1) is 0 Å². The van der Waals surface area contributed by atoms with E-state index >= 15 is 0 Å². The number of nitrogens with one attached hydrogen (secondary N) is 1. The van der Waals surface area contributed by atoms with Gasteiger partial charge in [0.05, 0.1) is 13.7 Å². The molecule has 0 radical (unpaired) electrons. The molecule has 0 aliphatic rings. The first-order valence-electron chi connectivity index (χ1n) is 11.7. The Kier molecular flexibility index (Phi) is 12.1. The molecule has 0 aliphatic carbocycles. The van der Waals surface area contributed by atoms with Gasteiger partial charge in [-0.05, 0) is 53.7 Å². The Bertz CT molecular complexity index is 945. The minimum absolute atomic E-state index is 0.361. The molecular formula is C27H35NO5S. The van der Waals surface area contributed by atoms with Gasteiger partial charge >= 0.3 is 5.97 Å². The monoisotopic (exact) mass is 485 g/mol. The van der Waals surface area contributed by atoms with Gasteiger partial charge in [0.2, 0.25) is 0 Å². The van der Waals surface area contributed by atoms with E-state index in [1.807, 2.05) is 55.5 Å². The topological polar surface area (TPSA) is 84.9 Å². The summed E-state index contributed by atoms with van der Waals surface area (Å²) in [6.07, 6.45) is 5.30. The number of carbonyl (C=O) groups excluding carboxylic acids is 1. The van der Waals surface area contributed by atoms with Gasteiger partial charge in [0.1, 0.15) is 6.04 Å². The van der Waals surface area contributed by atoms with Crippen molar-refractivity contribution in [1.29, 1.82) is 0 Å². The van der Waals surface area contributed by atoms with E-state index in [9.17, 15) is 14.7 Å². The number of benzene rings is 2. The Balaban J connectivity index is 2.30. The van der Waals surface area contributed by atoms with Gasteiger partial charge < -0.3 is 19.9 Å². The zero-order valence-corrected chi connectivity index (χ0v) is 21.0. The highest BCUT2D eigenvalue weighted by molar-refractivity contribution is 7.99. The summed E-state index contributed by atoms with van der Waals surface area (Å²) in [5.41, 5.74) is 1.83. The predicted molar refractivity (Wildman–Crippen MR) is 140 cm³/mol. The molecule has 0 fully saturated rings. The number of hydrogen-bond acceptors (Lipinski definition) is 5. The number of carboxylic acids is 1. The zero-order chi connectivity index (χ0) is 24.8. The molecule has 6 nitrogen and oxygen atoms in total. The molecule has 0 bridgehead atoms. The summed E-state index contributed by atoms with van der Waals surface area (Å²) in [6, 6.07) is 13.8. The Morgan fingerprint density at radius 3 is 2.50 bits per heavy atom. The summed E-state index contributed by atoms with van der Waals surface area (Å²) in [6.45, 7) is 4.78. The Morgan fingerprint density at radius 2 is 1.85 bits per heavy atom. The van der Waals surface area contributed by atoms with Gasteiger partial charge in [0.25, 0.3) is 5.91 Å². The number of methoxy groups -OCH3 is 1. The summed E-state index contributed by atoms with van der Waals surface area (Å²) in [7, 11) is 1.58. The van der Waals surface area contributed by atoms with Gasteiger partial charge in [0, 0.05) is 5.57 Å². The summed E-state index contributed by atoms with van der Waals surface area (Å²) in [5.74, 6) is 1.33. The minimum Gasteiger partial charge on any atom is -0.493 e. The second-order valence-electron chi connectivity index (χ2n) is 7.74. The summed E-state index contributed by atoms with van der Waals surface area (Å²) < 4.78 is 11.4. The normalized spacial score (nSPS) is 12.1. The number of amides is 1. The molecule has 0 spiro atoms. The van der Waals surface area contributed by atoms with Crippen LogP contribution in [-0.2, 0) is 9.59 Å². The first-order valence-corrected chi connectivity index (χ1v) is 12.8. The van der Waals surface area contributed by atoms with E-state index in [1.165, 1.54) is 0 Å². The Hall–Kier alpha value is -2.93. The van der Waals surface area contributed by atoms with Crippen LogP contribution in [0.1, 0.15) is 50.7 Å². The van der Waals surface area contributed by atoms with Gasteiger partial charge in [-0.3, -0.25) is 4.79 Å². The first-order chi connectivity index (χ1) is 16.5. The molecular weight excluding hydrogens is 450 g/mol. The van der Waals surface area contributed by atoms with Crippen LogP contribution in [0.3, 0.4) is 0 Å². The molecule has 0 aromatic heterocycles. The van der Waals surface area contributed by atoms with Crippen LogP contribution in [0.5, 0.6) is 11.5 Å². The Morgan fingerprint density at radius 1 is 1.09 bits per heavy atom. The van der Waals surface area contributed by atoms with Crippen molar-refractivity contribution in [3.63, 3.8) is 0 Å². The molecule has 34 heavy (non-hydrogen) atoms. The maximum Gasteiger partial charge on any atom is 0.326 e. The van der Waals surface area contributed by atoms with Crippen molar-refractivity contribution >= 4 is 35.3 Å². The van der Waals surface area contributed by atoms with Crippen LogP contribution in [-0.4, -0.2) is 48.2 Å². The van der Waals surface area contributed by atoms with Crippen molar-refractivity contribution in [2.45, 2.75) is 45.6 Å². The van der Waals surface area contributed by atoms with Crippen LogP contribution < -0.4 is 14.8 Å². The summed E-state index contributed by atoms with van der Waals surface area (Å²) in [4.78, 5) is 24.9. The fourth-order valence-corrected chi connectivity index (χ4v) is 4.02. The third-order valence-electron chi connectivity index (χ3n) is 5.19. The van der Waals surface area contributed by atoms with Gasteiger partial charge in [-0.25, -0.2) is 4.79 Å². The molecule has 1 atom stereocenters. The lowest BCUT2D eigenvalue weighted by Crippen LogP contribution is -2.41. The van der Waals surface area contributed by atoms with E-state index in [4.69, 9.17) is 9.47 Å². The molecule has 0 aliphatic heterocycles. The van der Waals surface area contributed by atoms with Gasteiger partial charge in [-0.1, -0.05) is 63.1 Å². The third-order valence-corrected chi connectivity index (χ3v) is 6.12. The molecule has 2 rings (SSSR count). The molecule has 1 amide bonds. The van der Waals surface area contributed by atoms with Crippen molar-refractivity contribution in [2.75, 3.05) is 25.2 Å². The SMILES string of the molecule is CCCCCOc1ccc(/C=C(/C(=O)NC(CCSCC)C(=O)O)c2ccccc2)cc1OC. The Labute approximate surface area is 206 Å². The largest absolute Gasteiger partial charge is 0.493 e. The highest BCUT2D eigenvalue weighted by Crippen LogP contribution is 2.30. The fraction of sp³-hybridized carbons (Fsp3) is 0.407. The van der Waals surface area contributed by atoms with E-state index in [-0.39, 0.29) is 0 Å². The lowest BCUT2D eigenvalue weighted by Gasteiger charge is -2.16. The maximum absolute atomic E-state index is 13.2. The smallest absolute Gasteiger partial charge is 0.326 e. The van der Waals surface area contributed by atoms with Crippen molar-refractivity contribution in [3.05, 3.63) is 59.7 Å². The second kappa shape index (κ2) is 15.1. The molecule has 0 saturated carbocycles. The van der Waals surface area contributed by atoms with Gasteiger partial charge in [-0.2, -0.15) is 11.8 Å². The average molecular weight is 486 g/mol. The molecule has 0 heterocycles. The van der Waals surface area contributed by atoms with E-state index in [0.29, 0.717) is 41.4 Å². The molecule has 1 unspecified atom stereocenters. The minimum atomic E-state index is -1.04. The summed E-state index contributed by atoms with van der Waals surface area (Å²) >= 11 is 1.65. The first kappa shape index (κ1) is 27.3. The van der Waals surface area contributed by atoms with Crippen molar-refractivity contribution < 1.29 is 24.2 Å². The van der Waals surface area contributed by atoms with Crippen LogP contribution in [0.2, 0.25) is 0 Å². The van der Waals surface area contributed by atoms with Crippen LogP contribution in [0.15, 0.2) is 48.5 Å². The quantitative estimate of drug-likeness (QED) is 0.196. The van der Waals surface area contributed by atoms with E-state index in [0.717, 1.165) is 30.6 Å². The zero-order valence-electron chi connectivity index (χ0n) is 20.2. The highest BCUT2D eigenvalue weighted by Gasteiger charge is 2.22. The van der Waals surface area contributed by atoms with Crippen molar-refractivity contribution in [1.82, 2.24) is 5.32 Å². The van der Waals surface area contributed by atoms with Crippen molar-refractivity contribution in [3.8, 4) is 11.5 Å². The van der Waals surface area contributed by atoms with Crippen LogP contribution in [0.4, 0.5) is 0 Å². The molecule has 2 aromatic carbocycles. The number of aliphatic carboxylic acids is 1. The number of thioether (sulfide) groups is 1. The van der Waals surface area contributed by atoms with Gasteiger partial charge in [0.15, 0.2) is 11.5 Å². The molecule has 2 aromatic rings. The number of ether oxygens (including phenoxy) is 2. The molecule has 0 saturated heterocycles. The summed E-state index contributed by atoms with van der Waals surface area (Å²) in [5, 5.41) is 12.3. The van der Waals surface area contributed by atoms with Crippen molar-refractivity contribution in [2.24, 2.45) is 0 Å².